The highest BCUT2D eigenvalue weighted by molar-refractivity contribution is 5.86. The van der Waals surface area contributed by atoms with Gasteiger partial charge in [-0.3, -0.25) is 0 Å². The van der Waals surface area contributed by atoms with Gasteiger partial charge < -0.3 is 4.90 Å². The molecule has 0 bridgehead atoms. The van der Waals surface area contributed by atoms with Gasteiger partial charge in [0, 0.05) is 13.1 Å². The second-order valence-electron chi connectivity index (χ2n) is 4.41. The zero-order chi connectivity index (χ0) is 10.3. The van der Waals surface area contributed by atoms with E-state index >= 15 is 0 Å². The molecule has 0 atom stereocenters. The van der Waals surface area contributed by atoms with Crippen LogP contribution in [0.1, 0.15) is 11.1 Å². The van der Waals surface area contributed by atoms with Crippen LogP contribution in [0.5, 0.6) is 0 Å². The highest BCUT2D eigenvalue weighted by Gasteiger charge is 2.14. The zero-order valence-corrected chi connectivity index (χ0v) is 9.03. The van der Waals surface area contributed by atoms with E-state index in [-0.39, 0.29) is 0 Å². The molecule has 2 aromatic rings. The molecule has 1 aliphatic rings. The molecule has 0 aliphatic carbocycles. The maximum Gasteiger partial charge on any atom is 0.0239 e. The van der Waals surface area contributed by atoms with Crippen molar-refractivity contribution in [3.63, 3.8) is 0 Å². The van der Waals surface area contributed by atoms with Crippen molar-refractivity contribution in [3.05, 3.63) is 47.5 Å². The van der Waals surface area contributed by atoms with Crippen molar-refractivity contribution in [1.82, 2.24) is 4.90 Å². The van der Waals surface area contributed by atoms with Crippen molar-refractivity contribution in [2.45, 2.75) is 13.0 Å². The Balaban J connectivity index is 2.28. The number of fused-ring (bicyclic) bond motifs is 3. The Morgan fingerprint density at radius 1 is 1.07 bits per heavy atom. The summed E-state index contributed by atoms with van der Waals surface area (Å²) in [5, 5.41) is 2.80. The van der Waals surface area contributed by atoms with E-state index < -0.39 is 0 Å². The van der Waals surface area contributed by atoms with Crippen LogP contribution in [0.2, 0.25) is 0 Å². The second-order valence-corrected chi connectivity index (χ2v) is 4.41. The predicted molar refractivity (Wildman–Crippen MR) is 64.0 cm³/mol. The maximum atomic E-state index is 2.40. The van der Waals surface area contributed by atoms with Crippen LogP contribution >= 0.6 is 0 Å². The van der Waals surface area contributed by atoms with Gasteiger partial charge in [0.05, 0.1) is 0 Å². The first-order valence-electron chi connectivity index (χ1n) is 5.52. The van der Waals surface area contributed by atoms with E-state index in [0.29, 0.717) is 0 Å². The highest BCUT2D eigenvalue weighted by Crippen LogP contribution is 2.26. The molecule has 0 amide bonds. The van der Waals surface area contributed by atoms with Crippen molar-refractivity contribution >= 4 is 10.8 Å². The molecule has 0 fully saturated rings. The largest absolute Gasteiger partial charge is 0.302 e. The minimum atomic E-state index is 1.09. The normalized spacial score (nSPS) is 16.6. The van der Waals surface area contributed by atoms with Crippen LogP contribution in [0.25, 0.3) is 10.8 Å². The number of rotatable bonds is 0. The molecule has 15 heavy (non-hydrogen) atoms. The molecule has 0 saturated carbocycles. The van der Waals surface area contributed by atoms with Gasteiger partial charge in [-0.05, 0) is 35.4 Å². The van der Waals surface area contributed by atoms with Crippen molar-refractivity contribution in [2.75, 3.05) is 13.6 Å². The summed E-state index contributed by atoms with van der Waals surface area (Å²) in [5.41, 5.74) is 3.06. The Bertz CT molecular complexity index is 502. The lowest BCUT2D eigenvalue weighted by molar-refractivity contribution is 0.314. The molecule has 0 N–H and O–H groups in total. The zero-order valence-electron chi connectivity index (χ0n) is 9.03. The summed E-state index contributed by atoms with van der Waals surface area (Å²) >= 11 is 0. The second kappa shape index (κ2) is 3.35. The van der Waals surface area contributed by atoms with Gasteiger partial charge in [0.15, 0.2) is 0 Å². The number of hydrogen-bond donors (Lipinski definition) is 0. The molecule has 2 aromatic carbocycles. The lowest BCUT2D eigenvalue weighted by atomic mass is 9.94. The van der Waals surface area contributed by atoms with E-state index in [1.165, 1.54) is 34.9 Å². The first-order valence-corrected chi connectivity index (χ1v) is 5.52. The van der Waals surface area contributed by atoms with Crippen LogP contribution in [0.4, 0.5) is 0 Å². The van der Waals surface area contributed by atoms with Crippen molar-refractivity contribution < 1.29 is 0 Å². The molecule has 0 unspecified atom stereocenters. The fraction of sp³-hybridized carbons (Fsp3) is 0.286. The highest BCUT2D eigenvalue weighted by atomic mass is 15.1. The van der Waals surface area contributed by atoms with Crippen LogP contribution in [0.15, 0.2) is 36.4 Å². The van der Waals surface area contributed by atoms with E-state index in [4.69, 9.17) is 0 Å². The van der Waals surface area contributed by atoms with Gasteiger partial charge in [-0.25, -0.2) is 0 Å². The van der Waals surface area contributed by atoms with Gasteiger partial charge in [0.2, 0.25) is 0 Å². The molecule has 3 rings (SSSR count). The van der Waals surface area contributed by atoms with Gasteiger partial charge in [-0.1, -0.05) is 36.4 Å². The van der Waals surface area contributed by atoms with Gasteiger partial charge in [-0.2, -0.15) is 0 Å². The molecule has 76 valence electrons. The van der Waals surface area contributed by atoms with Crippen molar-refractivity contribution in [3.8, 4) is 0 Å². The molecule has 1 nitrogen and oxygen atoms in total. The SMILES string of the molecule is CN1CCc2ccc3ccccc3c2C1. The number of benzene rings is 2. The van der Waals surface area contributed by atoms with Crippen molar-refractivity contribution in [1.29, 1.82) is 0 Å². The number of likely N-dealkylation sites (N-methyl/N-ethyl adjacent to an activating group) is 1. The average molecular weight is 197 g/mol. The lowest BCUT2D eigenvalue weighted by Crippen LogP contribution is -2.26. The molecule has 0 saturated heterocycles. The quantitative estimate of drug-likeness (QED) is 0.627. The monoisotopic (exact) mass is 197 g/mol. The van der Waals surface area contributed by atoms with Gasteiger partial charge in [0.1, 0.15) is 0 Å². The van der Waals surface area contributed by atoms with Gasteiger partial charge in [-0.15, -0.1) is 0 Å². The third-order valence-corrected chi connectivity index (χ3v) is 3.33. The number of hydrogen-bond acceptors (Lipinski definition) is 1. The maximum absolute atomic E-state index is 2.40. The summed E-state index contributed by atoms with van der Waals surface area (Å²) in [5.74, 6) is 0. The fourth-order valence-electron chi connectivity index (χ4n) is 2.46. The Morgan fingerprint density at radius 3 is 2.87 bits per heavy atom. The third-order valence-electron chi connectivity index (χ3n) is 3.33. The Hall–Kier alpha value is -1.34. The summed E-state index contributed by atoms with van der Waals surface area (Å²) in [4.78, 5) is 2.40. The predicted octanol–water partition coefficient (Wildman–Crippen LogP) is 2.83. The standard InChI is InChI=1S/C14H15N/c1-15-9-8-12-7-6-11-4-2-3-5-13(11)14(12)10-15/h2-7H,8-10H2,1H3. The minimum Gasteiger partial charge on any atom is -0.302 e. The minimum absolute atomic E-state index is 1.09. The Morgan fingerprint density at radius 2 is 1.93 bits per heavy atom. The molecule has 1 aliphatic heterocycles. The first kappa shape index (κ1) is 8.93. The average Bonchev–Trinajstić information content (AvgIpc) is 2.29. The topological polar surface area (TPSA) is 3.24 Å². The Labute approximate surface area is 90.3 Å². The van der Waals surface area contributed by atoms with Gasteiger partial charge >= 0.3 is 0 Å². The van der Waals surface area contributed by atoms with E-state index in [1.54, 1.807) is 0 Å². The summed E-state index contributed by atoms with van der Waals surface area (Å²) in [6, 6.07) is 13.2. The third kappa shape index (κ3) is 1.44. The lowest BCUT2D eigenvalue weighted by Gasteiger charge is -2.26. The number of nitrogens with zero attached hydrogens (tertiary/aromatic N) is 1. The van der Waals surface area contributed by atoms with Crippen LogP contribution in [0, 0.1) is 0 Å². The Kier molecular flexibility index (Phi) is 2.00. The summed E-state index contributed by atoms with van der Waals surface area (Å²) < 4.78 is 0. The van der Waals surface area contributed by atoms with Gasteiger partial charge in [0.25, 0.3) is 0 Å². The summed E-state index contributed by atoms with van der Waals surface area (Å²) in [7, 11) is 2.20. The smallest absolute Gasteiger partial charge is 0.0239 e. The fourth-order valence-corrected chi connectivity index (χ4v) is 2.46. The van der Waals surface area contributed by atoms with Crippen molar-refractivity contribution in [2.24, 2.45) is 0 Å². The van der Waals surface area contributed by atoms with Crippen LogP contribution in [-0.2, 0) is 13.0 Å². The molecular weight excluding hydrogens is 182 g/mol. The van der Waals surface area contributed by atoms with E-state index in [9.17, 15) is 0 Å². The van der Waals surface area contributed by atoms with Crippen LogP contribution < -0.4 is 0 Å². The molecular formula is C14H15N. The van der Waals surface area contributed by atoms with E-state index in [0.717, 1.165) is 6.54 Å². The summed E-state index contributed by atoms with van der Waals surface area (Å²) in [6.45, 7) is 2.28. The van der Waals surface area contributed by atoms with Crippen LogP contribution in [-0.4, -0.2) is 18.5 Å². The molecule has 0 radical (unpaired) electrons. The summed E-state index contributed by atoms with van der Waals surface area (Å²) in [6.07, 6.45) is 1.19. The molecule has 0 spiro atoms. The van der Waals surface area contributed by atoms with Crippen LogP contribution in [0.3, 0.4) is 0 Å². The molecule has 1 heteroatoms. The van der Waals surface area contributed by atoms with E-state index in [1.807, 2.05) is 0 Å². The van der Waals surface area contributed by atoms with E-state index in [2.05, 4.69) is 48.3 Å². The molecule has 1 heterocycles. The molecule has 0 aromatic heterocycles. The first-order chi connectivity index (χ1) is 7.34.